The Balaban J connectivity index is 1.55. The minimum atomic E-state index is 0.510. The number of hydrogen-bond donors (Lipinski definition) is 0. The molecule has 0 spiro atoms. The van der Waals surface area contributed by atoms with Gasteiger partial charge in [-0.05, 0) is 30.2 Å². The van der Waals surface area contributed by atoms with E-state index in [1.165, 1.54) is 18.4 Å². The van der Waals surface area contributed by atoms with Crippen molar-refractivity contribution in [2.24, 2.45) is 11.8 Å². The number of fused-ring (bicyclic) bond motifs is 3. The first-order valence-electron chi connectivity index (χ1n) is 8.26. The summed E-state index contributed by atoms with van der Waals surface area (Å²) in [5.41, 5.74) is 4.33. The van der Waals surface area contributed by atoms with Gasteiger partial charge < -0.3 is 4.57 Å². The van der Waals surface area contributed by atoms with Gasteiger partial charge >= 0.3 is 0 Å². The number of benzene rings is 1. The average molecular weight is 302 g/mol. The van der Waals surface area contributed by atoms with Crippen molar-refractivity contribution in [1.82, 2.24) is 19.5 Å². The summed E-state index contributed by atoms with van der Waals surface area (Å²) in [5, 5.41) is 0. The van der Waals surface area contributed by atoms with E-state index in [1.54, 1.807) is 6.33 Å². The minimum Gasteiger partial charge on any atom is -0.311 e. The fourth-order valence-corrected chi connectivity index (χ4v) is 4.16. The quantitative estimate of drug-likeness (QED) is 0.695. The number of allylic oxidation sites excluding steroid dienone is 2. The maximum atomic E-state index is 4.66. The molecular formula is C19H18N4. The lowest BCUT2D eigenvalue weighted by atomic mass is 9.90. The first-order chi connectivity index (χ1) is 11.4. The van der Waals surface area contributed by atoms with Gasteiger partial charge in [-0.3, -0.25) is 0 Å². The van der Waals surface area contributed by atoms with E-state index in [4.69, 9.17) is 0 Å². The van der Waals surface area contributed by atoms with E-state index in [-0.39, 0.29) is 0 Å². The highest BCUT2D eigenvalue weighted by atomic mass is 15.1. The van der Waals surface area contributed by atoms with E-state index < -0.39 is 0 Å². The van der Waals surface area contributed by atoms with Crippen LogP contribution in [0.2, 0.25) is 0 Å². The van der Waals surface area contributed by atoms with Crippen LogP contribution < -0.4 is 0 Å². The van der Waals surface area contributed by atoms with Gasteiger partial charge in [-0.2, -0.15) is 0 Å². The van der Waals surface area contributed by atoms with Crippen LogP contribution in [-0.4, -0.2) is 19.5 Å². The van der Waals surface area contributed by atoms with E-state index in [0.717, 1.165) is 29.3 Å². The lowest BCUT2D eigenvalue weighted by Gasteiger charge is -2.17. The molecule has 0 unspecified atom stereocenters. The molecule has 114 valence electrons. The van der Waals surface area contributed by atoms with Crippen molar-refractivity contribution in [2.75, 3.05) is 0 Å². The van der Waals surface area contributed by atoms with Crippen molar-refractivity contribution in [3.63, 3.8) is 0 Å². The summed E-state index contributed by atoms with van der Waals surface area (Å²) in [6.45, 7) is 0.796. The van der Waals surface area contributed by atoms with Gasteiger partial charge in [-0.1, -0.05) is 42.5 Å². The maximum Gasteiger partial charge on any atom is 0.163 e. The highest BCUT2D eigenvalue weighted by Crippen LogP contribution is 2.49. The fraction of sp³-hybridized carbons (Fsp3) is 0.316. The molecule has 4 heteroatoms. The van der Waals surface area contributed by atoms with Crippen LogP contribution in [0.25, 0.3) is 11.2 Å². The molecule has 0 saturated heterocycles. The summed E-state index contributed by atoms with van der Waals surface area (Å²) < 4.78 is 2.12. The molecule has 1 fully saturated rings. The molecule has 0 amide bonds. The van der Waals surface area contributed by atoms with E-state index in [1.807, 2.05) is 12.4 Å². The molecule has 2 bridgehead atoms. The monoisotopic (exact) mass is 302 g/mol. The van der Waals surface area contributed by atoms with E-state index in [2.05, 4.69) is 55.9 Å². The van der Waals surface area contributed by atoms with Crippen molar-refractivity contribution in [1.29, 1.82) is 0 Å². The fourth-order valence-electron chi connectivity index (χ4n) is 4.16. The Morgan fingerprint density at radius 3 is 2.70 bits per heavy atom. The van der Waals surface area contributed by atoms with Gasteiger partial charge in [0.2, 0.25) is 0 Å². The maximum absolute atomic E-state index is 4.66. The third kappa shape index (κ3) is 2.09. The Bertz CT molecular complexity index is 881. The number of rotatable bonds is 3. The Kier molecular flexibility index (Phi) is 2.83. The van der Waals surface area contributed by atoms with Crippen LogP contribution in [0.5, 0.6) is 0 Å². The molecule has 5 rings (SSSR count). The van der Waals surface area contributed by atoms with Crippen molar-refractivity contribution in [3.8, 4) is 0 Å². The van der Waals surface area contributed by atoms with Crippen molar-refractivity contribution in [3.05, 3.63) is 66.4 Å². The zero-order valence-electron chi connectivity index (χ0n) is 12.8. The van der Waals surface area contributed by atoms with E-state index >= 15 is 0 Å². The second-order valence-corrected chi connectivity index (χ2v) is 6.68. The van der Waals surface area contributed by atoms with Crippen LogP contribution in [0.3, 0.4) is 0 Å². The normalized spacial score (nSPS) is 25.5. The highest BCUT2D eigenvalue weighted by molar-refractivity contribution is 5.74. The lowest BCUT2D eigenvalue weighted by molar-refractivity contribution is 0.573. The second kappa shape index (κ2) is 5.01. The Morgan fingerprint density at radius 2 is 1.91 bits per heavy atom. The SMILES string of the molecule is C1=C[C@@H]2C[C@H]1C[C@H]2c1ncnc2c1ncn2Cc1ccccc1. The number of aromatic nitrogens is 4. The molecule has 23 heavy (non-hydrogen) atoms. The predicted molar refractivity (Wildman–Crippen MR) is 89.0 cm³/mol. The van der Waals surface area contributed by atoms with Crippen molar-refractivity contribution >= 4 is 11.2 Å². The standard InChI is InChI=1S/C19H18N4/c1-2-4-13(5-3-1)10-23-12-22-18-17(20-11-21-19(18)23)16-9-14-6-7-15(16)8-14/h1-7,11-12,14-16H,8-10H2/t14-,15+,16+/m0/s1. The van der Waals surface area contributed by atoms with Gasteiger partial charge in [0.15, 0.2) is 5.65 Å². The van der Waals surface area contributed by atoms with Gasteiger partial charge in [-0.25, -0.2) is 15.0 Å². The summed E-state index contributed by atoms with van der Waals surface area (Å²) >= 11 is 0. The summed E-state index contributed by atoms with van der Waals surface area (Å²) in [6, 6.07) is 10.4. The van der Waals surface area contributed by atoms with Gasteiger partial charge in [0.25, 0.3) is 0 Å². The minimum absolute atomic E-state index is 0.510. The molecule has 2 aliphatic carbocycles. The third-order valence-electron chi connectivity index (χ3n) is 5.26. The first-order valence-corrected chi connectivity index (χ1v) is 8.26. The average Bonchev–Trinajstić information content (AvgIpc) is 3.31. The van der Waals surface area contributed by atoms with Crippen LogP contribution in [0.15, 0.2) is 55.1 Å². The highest BCUT2D eigenvalue weighted by Gasteiger charge is 2.38. The zero-order valence-corrected chi connectivity index (χ0v) is 12.8. The molecule has 1 saturated carbocycles. The molecule has 0 N–H and O–H groups in total. The molecule has 3 atom stereocenters. The van der Waals surface area contributed by atoms with E-state index in [0.29, 0.717) is 11.8 Å². The molecule has 2 heterocycles. The van der Waals surface area contributed by atoms with Crippen LogP contribution in [0.1, 0.15) is 30.0 Å². The van der Waals surface area contributed by atoms with Gasteiger partial charge in [0.05, 0.1) is 18.6 Å². The van der Waals surface area contributed by atoms with Crippen molar-refractivity contribution in [2.45, 2.75) is 25.3 Å². The van der Waals surface area contributed by atoms with Gasteiger partial charge in [-0.15, -0.1) is 0 Å². The summed E-state index contributed by atoms with van der Waals surface area (Å²) in [7, 11) is 0. The summed E-state index contributed by atoms with van der Waals surface area (Å²) in [4.78, 5) is 13.8. The predicted octanol–water partition coefficient (Wildman–Crippen LogP) is 3.55. The van der Waals surface area contributed by atoms with Crippen molar-refractivity contribution < 1.29 is 0 Å². The van der Waals surface area contributed by atoms with Gasteiger partial charge in [0.1, 0.15) is 11.8 Å². The molecule has 1 aromatic carbocycles. The molecular weight excluding hydrogens is 284 g/mol. The smallest absolute Gasteiger partial charge is 0.163 e. The van der Waals surface area contributed by atoms with Crippen LogP contribution in [0.4, 0.5) is 0 Å². The van der Waals surface area contributed by atoms with E-state index in [9.17, 15) is 0 Å². The molecule has 4 nitrogen and oxygen atoms in total. The third-order valence-corrected chi connectivity index (χ3v) is 5.26. The largest absolute Gasteiger partial charge is 0.311 e. The first kappa shape index (κ1) is 13.0. The Hall–Kier alpha value is -2.49. The molecule has 2 aliphatic rings. The summed E-state index contributed by atoms with van der Waals surface area (Å²) in [5.74, 6) is 1.88. The van der Waals surface area contributed by atoms with Crippen LogP contribution in [0, 0.1) is 11.8 Å². The molecule has 2 aromatic heterocycles. The molecule has 0 aliphatic heterocycles. The number of imidazole rings is 1. The second-order valence-electron chi connectivity index (χ2n) is 6.68. The summed E-state index contributed by atoms with van der Waals surface area (Å²) in [6.07, 6.45) is 10.8. The molecule has 3 aromatic rings. The topological polar surface area (TPSA) is 43.6 Å². The number of hydrogen-bond acceptors (Lipinski definition) is 3. The lowest BCUT2D eigenvalue weighted by Crippen LogP contribution is -2.09. The van der Waals surface area contributed by atoms with Gasteiger partial charge in [0, 0.05) is 5.92 Å². The zero-order chi connectivity index (χ0) is 15.2. The number of nitrogens with zero attached hydrogens (tertiary/aromatic N) is 4. The van der Waals surface area contributed by atoms with Crippen LogP contribution >= 0.6 is 0 Å². The Labute approximate surface area is 134 Å². The molecule has 0 radical (unpaired) electrons. The Morgan fingerprint density at radius 1 is 1.00 bits per heavy atom. The van der Waals surface area contributed by atoms with Crippen LogP contribution in [-0.2, 0) is 6.54 Å².